The van der Waals surface area contributed by atoms with Gasteiger partial charge in [0.25, 0.3) is 0 Å². The molecule has 0 aliphatic carbocycles. The molecule has 1 N–H and O–H groups in total. The lowest BCUT2D eigenvalue weighted by atomic mass is 10.2. The number of ether oxygens (including phenoxy) is 1. The molecule has 1 aromatic heterocycles. The Morgan fingerprint density at radius 2 is 2.33 bits per heavy atom. The van der Waals surface area contributed by atoms with E-state index in [1.807, 2.05) is 23.6 Å². The normalized spacial score (nSPS) is 10.6. The van der Waals surface area contributed by atoms with Crippen molar-refractivity contribution in [2.45, 2.75) is 20.1 Å². The second-order valence-electron chi connectivity index (χ2n) is 3.72. The van der Waals surface area contributed by atoms with E-state index in [1.165, 1.54) is 0 Å². The van der Waals surface area contributed by atoms with Gasteiger partial charge in [-0.2, -0.15) is 0 Å². The van der Waals surface area contributed by atoms with Gasteiger partial charge in [0.05, 0.1) is 5.02 Å². The van der Waals surface area contributed by atoms with Crippen molar-refractivity contribution in [2.24, 2.45) is 0 Å². The zero-order valence-corrected chi connectivity index (χ0v) is 11.7. The summed E-state index contributed by atoms with van der Waals surface area (Å²) in [6.07, 6.45) is 1.77. The maximum Gasteiger partial charge on any atom is 0.143 e. The number of halogens is 1. The first kappa shape index (κ1) is 13.3. The minimum atomic E-state index is 0.459. The van der Waals surface area contributed by atoms with Crippen LogP contribution in [-0.2, 0) is 13.2 Å². The van der Waals surface area contributed by atoms with Crippen LogP contribution in [0, 0.1) is 0 Å². The average molecular weight is 283 g/mol. The molecule has 1 aromatic carbocycles. The minimum Gasteiger partial charge on any atom is -0.485 e. The molecule has 3 nitrogen and oxygen atoms in total. The molecule has 2 aromatic rings. The van der Waals surface area contributed by atoms with E-state index in [9.17, 15) is 0 Å². The summed E-state index contributed by atoms with van der Waals surface area (Å²) in [6.45, 7) is 4.20. The molecule has 0 aliphatic heterocycles. The van der Waals surface area contributed by atoms with Crippen LogP contribution in [0.4, 0.5) is 0 Å². The van der Waals surface area contributed by atoms with Gasteiger partial charge in [0.1, 0.15) is 17.4 Å². The summed E-state index contributed by atoms with van der Waals surface area (Å²) in [5.41, 5.74) is 1.07. The van der Waals surface area contributed by atoms with Crippen LogP contribution in [0.2, 0.25) is 5.02 Å². The Balaban J connectivity index is 2.09. The second-order valence-corrected chi connectivity index (χ2v) is 5.11. The molecule has 0 amide bonds. The first-order valence-electron chi connectivity index (χ1n) is 5.80. The topological polar surface area (TPSA) is 34.1 Å². The predicted molar refractivity (Wildman–Crippen MR) is 75.3 cm³/mol. The van der Waals surface area contributed by atoms with E-state index in [1.54, 1.807) is 17.5 Å². The summed E-state index contributed by atoms with van der Waals surface area (Å²) in [7, 11) is 0. The molecule has 5 heteroatoms. The summed E-state index contributed by atoms with van der Waals surface area (Å²) >= 11 is 7.76. The van der Waals surface area contributed by atoms with Crippen LogP contribution in [0.25, 0.3) is 0 Å². The lowest BCUT2D eigenvalue weighted by Crippen LogP contribution is -2.13. The van der Waals surface area contributed by atoms with Crippen molar-refractivity contribution in [1.29, 1.82) is 0 Å². The molecule has 18 heavy (non-hydrogen) atoms. The fourth-order valence-electron chi connectivity index (χ4n) is 1.57. The lowest BCUT2D eigenvalue weighted by Gasteiger charge is -2.12. The van der Waals surface area contributed by atoms with Gasteiger partial charge in [-0.1, -0.05) is 30.7 Å². The largest absolute Gasteiger partial charge is 0.485 e. The van der Waals surface area contributed by atoms with E-state index in [-0.39, 0.29) is 0 Å². The number of aromatic nitrogens is 1. The number of rotatable bonds is 6. The molecule has 1 heterocycles. The fourth-order valence-corrected chi connectivity index (χ4v) is 2.35. The van der Waals surface area contributed by atoms with Crippen molar-refractivity contribution >= 4 is 22.9 Å². The number of para-hydroxylation sites is 1. The quantitative estimate of drug-likeness (QED) is 0.881. The monoisotopic (exact) mass is 282 g/mol. The van der Waals surface area contributed by atoms with Gasteiger partial charge in [-0.25, -0.2) is 4.98 Å². The Bertz CT molecular complexity index is 488. The third-order valence-corrected chi connectivity index (χ3v) is 3.49. The van der Waals surface area contributed by atoms with Gasteiger partial charge in [0, 0.05) is 23.7 Å². The van der Waals surface area contributed by atoms with Crippen LogP contribution in [0.3, 0.4) is 0 Å². The minimum absolute atomic E-state index is 0.459. The molecule has 0 spiro atoms. The van der Waals surface area contributed by atoms with Crippen molar-refractivity contribution in [3.63, 3.8) is 0 Å². The third kappa shape index (κ3) is 3.45. The Kier molecular flexibility index (Phi) is 4.99. The van der Waals surface area contributed by atoms with Gasteiger partial charge in [0.15, 0.2) is 0 Å². The van der Waals surface area contributed by atoms with Crippen LogP contribution in [0.1, 0.15) is 17.5 Å². The van der Waals surface area contributed by atoms with Gasteiger partial charge in [0.2, 0.25) is 0 Å². The van der Waals surface area contributed by atoms with Gasteiger partial charge in [-0.15, -0.1) is 11.3 Å². The van der Waals surface area contributed by atoms with Crippen LogP contribution >= 0.6 is 22.9 Å². The Labute approximate surface area is 116 Å². The molecule has 0 atom stereocenters. The molecule has 0 saturated heterocycles. The Morgan fingerprint density at radius 3 is 3.06 bits per heavy atom. The molecule has 0 bridgehead atoms. The summed E-state index contributed by atoms with van der Waals surface area (Å²) in [4.78, 5) is 4.19. The summed E-state index contributed by atoms with van der Waals surface area (Å²) < 4.78 is 5.79. The molecule has 0 saturated carbocycles. The molecule has 96 valence electrons. The lowest BCUT2D eigenvalue weighted by molar-refractivity contribution is 0.302. The highest BCUT2D eigenvalue weighted by atomic mass is 35.5. The maximum absolute atomic E-state index is 6.18. The first-order chi connectivity index (χ1) is 8.81. The van der Waals surface area contributed by atoms with E-state index in [0.717, 1.165) is 29.4 Å². The van der Waals surface area contributed by atoms with Crippen molar-refractivity contribution in [2.75, 3.05) is 6.54 Å². The zero-order chi connectivity index (χ0) is 12.8. The highest BCUT2D eigenvalue weighted by molar-refractivity contribution is 7.09. The molecular weight excluding hydrogens is 268 g/mol. The fraction of sp³-hybridized carbons (Fsp3) is 0.308. The Hall–Kier alpha value is -1.10. The molecule has 0 radical (unpaired) electrons. The standard InChI is InChI=1S/C13H15ClN2OS/c1-2-15-8-10-4-3-5-11(14)13(10)17-9-12-16-6-7-18-12/h3-7,15H,2,8-9H2,1H3. The van der Waals surface area contributed by atoms with Gasteiger partial charge in [-0.3, -0.25) is 0 Å². The maximum atomic E-state index is 6.18. The van der Waals surface area contributed by atoms with E-state index in [4.69, 9.17) is 16.3 Å². The molecule has 0 aliphatic rings. The van der Waals surface area contributed by atoms with Crippen LogP contribution in [0.5, 0.6) is 5.75 Å². The van der Waals surface area contributed by atoms with E-state index in [0.29, 0.717) is 11.6 Å². The summed E-state index contributed by atoms with van der Waals surface area (Å²) in [5.74, 6) is 0.746. The van der Waals surface area contributed by atoms with Gasteiger partial charge in [-0.05, 0) is 12.6 Å². The van der Waals surface area contributed by atoms with E-state index in [2.05, 4.69) is 17.2 Å². The molecule has 0 unspecified atom stereocenters. The van der Waals surface area contributed by atoms with Crippen molar-refractivity contribution in [3.05, 3.63) is 45.4 Å². The number of hydrogen-bond acceptors (Lipinski definition) is 4. The van der Waals surface area contributed by atoms with Gasteiger partial charge >= 0.3 is 0 Å². The first-order valence-corrected chi connectivity index (χ1v) is 7.06. The van der Waals surface area contributed by atoms with Crippen molar-refractivity contribution < 1.29 is 4.74 Å². The zero-order valence-electron chi connectivity index (χ0n) is 10.1. The molecule has 0 fully saturated rings. The number of nitrogens with one attached hydrogen (secondary N) is 1. The number of thiazole rings is 1. The summed E-state index contributed by atoms with van der Waals surface area (Å²) in [6, 6.07) is 5.80. The SMILES string of the molecule is CCNCc1cccc(Cl)c1OCc1nccs1. The number of benzene rings is 1. The smallest absolute Gasteiger partial charge is 0.143 e. The third-order valence-electron chi connectivity index (χ3n) is 2.44. The van der Waals surface area contributed by atoms with E-state index < -0.39 is 0 Å². The van der Waals surface area contributed by atoms with Crippen LogP contribution in [0.15, 0.2) is 29.8 Å². The number of hydrogen-bond donors (Lipinski definition) is 1. The highest BCUT2D eigenvalue weighted by Gasteiger charge is 2.09. The predicted octanol–water partition coefficient (Wildman–Crippen LogP) is 3.49. The van der Waals surface area contributed by atoms with Crippen LogP contribution in [-0.4, -0.2) is 11.5 Å². The molecular formula is C13H15ClN2OS. The average Bonchev–Trinajstić information content (AvgIpc) is 2.88. The van der Waals surface area contributed by atoms with Gasteiger partial charge < -0.3 is 10.1 Å². The Morgan fingerprint density at radius 1 is 1.44 bits per heavy atom. The number of nitrogens with zero attached hydrogens (tertiary/aromatic N) is 1. The second kappa shape index (κ2) is 6.73. The molecule has 2 rings (SSSR count). The highest BCUT2D eigenvalue weighted by Crippen LogP contribution is 2.29. The van der Waals surface area contributed by atoms with Crippen molar-refractivity contribution in [3.8, 4) is 5.75 Å². The summed E-state index contributed by atoms with van der Waals surface area (Å²) in [5, 5.41) is 6.80. The van der Waals surface area contributed by atoms with Crippen molar-refractivity contribution in [1.82, 2.24) is 10.3 Å². The van der Waals surface area contributed by atoms with E-state index >= 15 is 0 Å². The van der Waals surface area contributed by atoms with Crippen LogP contribution < -0.4 is 10.1 Å².